The van der Waals surface area contributed by atoms with E-state index >= 15 is 0 Å². The average molecular weight is 525 g/mol. The van der Waals surface area contributed by atoms with Gasteiger partial charge in [-0.2, -0.15) is 13.2 Å². The molecule has 0 aliphatic carbocycles. The smallest absolute Gasteiger partial charge is 0.416 e. The van der Waals surface area contributed by atoms with Crippen LogP contribution in [-0.4, -0.2) is 47.2 Å². The van der Waals surface area contributed by atoms with Crippen LogP contribution in [0.2, 0.25) is 0 Å². The summed E-state index contributed by atoms with van der Waals surface area (Å²) < 4.78 is 49.2. The number of halogens is 3. The lowest BCUT2D eigenvalue weighted by molar-refractivity contribution is -0.141. The van der Waals surface area contributed by atoms with Crippen molar-refractivity contribution in [1.29, 1.82) is 0 Å². The molecule has 3 atom stereocenters. The lowest BCUT2D eigenvalue weighted by Gasteiger charge is -2.15. The zero-order valence-corrected chi connectivity index (χ0v) is 20.3. The van der Waals surface area contributed by atoms with Crippen molar-refractivity contribution >= 4 is 33.5 Å². The fraction of sp³-hybridized carbons (Fsp3) is 0.346. The summed E-state index contributed by atoms with van der Waals surface area (Å²) in [6.45, 7) is -0.197. The minimum Gasteiger partial charge on any atom is -0.490 e. The topological polar surface area (TPSA) is 96.2 Å². The Labute approximate surface area is 210 Å². The highest BCUT2D eigenvalue weighted by Crippen LogP contribution is 2.37. The van der Waals surface area contributed by atoms with E-state index in [9.17, 15) is 33.3 Å². The van der Waals surface area contributed by atoms with E-state index in [0.29, 0.717) is 16.9 Å². The van der Waals surface area contributed by atoms with E-state index < -0.39 is 36.0 Å². The predicted molar refractivity (Wildman–Crippen MR) is 131 cm³/mol. The zero-order valence-electron chi connectivity index (χ0n) is 19.4. The molecule has 0 bridgehead atoms. The Morgan fingerprint density at radius 1 is 1.08 bits per heavy atom. The Morgan fingerprint density at radius 3 is 2.44 bits per heavy atom. The van der Waals surface area contributed by atoms with E-state index in [1.807, 2.05) is 24.3 Å². The Balaban J connectivity index is 1.71. The zero-order chi connectivity index (χ0) is 26.3. The van der Waals surface area contributed by atoms with Crippen LogP contribution in [0, 0.1) is 0 Å². The molecule has 194 valence electrons. The first-order valence-electron chi connectivity index (χ1n) is 11.2. The number of thiophene rings is 1. The number of ether oxygens (including phenoxy) is 2. The van der Waals surface area contributed by atoms with Gasteiger partial charge in [-0.15, -0.1) is 11.3 Å². The Bertz CT molecular complexity index is 1170. The summed E-state index contributed by atoms with van der Waals surface area (Å²) in [4.78, 5) is 11.8. The summed E-state index contributed by atoms with van der Waals surface area (Å²) in [5.74, 6) is -0.208. The highest BCUT2D eigenvalue weighted by molar-refractivity contribution is 7.19. The second kappa shape index (κ2) is 12.4. The van der Waals surface area contributed by atoms with Crippen molar-refractivity contribution in [3.05, 3.63) is 70.6 Å². The number of rotatable bonds is 11. The summed E-state index contributed by atoms with van der Waals surface area (Å²) in [5.41, 5.74) is -0.154. The Hall–Kier alpha value is -2.92. The fourth-order valence-electron chi connectivity index (χ4n) is 3.55. The van der Waals surface area contributed by atoms with Crippen molar-refractivity contribution in [1.82, 2.24) is 0 Å². The van der Waals surface area contributed by atoms with Crippen LogP contribution >= 0.6 is 11.3 Å². The van der Waals surface area contributed by atoms with Crippen LogP contribution in [0.3, 0.4) is 0 Å². The molecule has 6 nitrogen and oxygen atoms in total. The maximum absolute atomic E-state index is 12.8. The highest BCUT2D eigenvalue weighted by Gasteiger charge is 2.30. The molecule has 0 saturated heterocycles. The number of carbonyl (C=O) groups excluding carboxylic acids is 1. The molecule has 0 saturated carbocycles. The van der Waals surface area contributed by atoms with Crippen LogP contribution in [-0.2, 0) is 15.7 Å². The van der Waals surface area contributed by atoms with Gasteiger partial charge in [0.25, 0.3) is 0 Å². The summed E-state index contributed by atoms with van der Waals surface area (Å²) in [5, 5.41) is 32.2. The molecule has 10 heteroatoms. The third-order valence-corrected chi connectivity index (χ3v) is 6.81. The predicted octanol–water partition coefficient (Wildman–Crippen LogP) is 5.11. The Morgan fingerprint density at radius 2 is 1.78 bits per heavy atom. The molecule has 3 N–H and O–H groups in total. The van der Waals surface area contributed by atoms with Gasteiger partial charge >= 0.3 is 12.1 Å². The first-order chi connectivity index (χ1) is 17.1. The molecule has 0 unspecified atom stereocenters. The third kappa shape index (κ3) is 7.30. The average Bonchev–Trinajstić information content (AvgIpc) is 3.24. The normalized spacial score (nSPS) is 14.6. The van der Waals surface area contributed by atoms with Crippen molar-refractivity contribution in [2.24, 2.45) is 0 Å². The first-order valence-corrected chi connectivity index (χ1v) is 12.0. The van der Waals surface area contributed by atoms with Crippen LogP contribution in [0.1, 0.15) is 41.4 Å². The summed E-state index contributed by atoms with van der Waals surface area (Å²) in [6, 6.07) is 11.6. The van der Waals surface area contributed by atoms with E-state index in [1.54, 1.807) is 6.08 Å². The quantitative estimate of drug-likeness (QED) is 0.302. The number of aliphatic hydroxyl groups excluding tert-OH is 3. The summed E-state index contributed by atoms with van der Waals surface area (Å²) >= 11 is 1.33. The third-order valence-electron chi connectivity index (χ3n) is 5.52. The van der Waals surface area contributed by atoms with E-state index in [0.717, 1.165) is 22.2 Å². The molecule has 2 aromatic carbocycles. The largest absolute Gasteiger partial charge is 0.490 e. The lowest BCUT2D eigenvalue weighted by atomic mass is 10.0. The standard InChI is InChI=1S/C26H27F3O6S/c1-34-24(33)8-4-6-20(30)21(31)14-13-19-18-5-2-3-7-23(18)36-25(19)22(32)15-35-17-11-9-16(10-12-17)26(27,28)29/h2-3,5,7,9-14,20-22,30-32H,4,6,8,15H2,1H3/b14-13+/t20-,21+,22+/m0/s1. The second-order valence-electron chi connectivity index (χ2n) is 8.11. The molecule has 0 radical (unpaired) electrons. The number of hydrogen-bond acceptors (Lipinski definition) is 7. The summed E-state index contributed by atoms with van der Waals surface area (Å²) in [7, 11) is 1.28. The molecule has 1 aromatic heterocycles. The van der Waals surface area contributed by atoms with Gasteiger partial charge in [-0.25, -0.2) is 0 Å². The number of benzene rings is 2. The van der Waals surface area contributed by atoms with E-state index in [4.69, 9.17) is 4.74 Å². The van der Waals surface area contributed by atoms with Gasteiger partial charge in [-0.3, -0.25) is 4.79 Å². The highest BCUT2D eigenvalue weighted by atomic mass is 32.1. The first kappa shape index (κ1) is 27.7. The molecule has 0 spiro atoms. The van der Waals surface area contributed by atoms with Gasteiger partial charge in [-0.1, -0.05) is 30.4 Å². The number of carbonyl (C=O) groups is 1. The molecular weight excluding hydrogens is 497 g/mol. The molecule has 0 aliphatic heterocycles. The minimum atomic E-state index is -4.45. The van der Waals surface area contributed by atoms with Crippen LogP contribution in [0.5, 0.6) is 5.75 Å². The van der Waals surface area contributed by atoms with Crippen molar-refractivity contribution < 1.29 is 42.8 Å². The SMILES string of the molecule is COC(=O)CCC[C@H](O)[C@H](O)/C=C/c1c([C@H](O)COc2ccc(C(F)(F)F)cc2)sc2ccccc12. The second-order valence-corrected chi connectivity index (χ2v) is 9.19. The number of alkyl halides is 3. The van der Waals surface area contributed by atoms with Gasteiger partial charge < -0.3 is 24.8 Å². The monoisotopic (exact) mass is 524 g/mol. The van der Waals surface area contributed by atoms with Crippen LogP contribution in [0.25, 0.3) is 16.2 Å². The lowest BCUT2D eigenvalue weighted by Crippen LogP contribution is -2.23. The van der Waals surface area contributed by atoms with Gasteiger partial charge in [0.15, 0.2) is 0 Å². The molecule has 0 fully saturated rings. The number of hydrogen-bond donors (Lipinski definition) is 3. The number of esters is 1. The molecule has 0 amide bonds. The van der Waals surface area contributed by atoms with Crippen molar-refractivity contribution in [2.45, 2.75) is 43.8 Å². The fourth-order valence-corrected chi connectivity index (χ4v) is 4.71. The minimum absolute atomic E-state index is 0.133. The van der Waals surface area contributed by atoms with Crippen molar-refractivity contribution in [2.75, 3.05) is 13.7 Å². The van der Waals surface area contributed by atoms with Gasteiger partial charge in [0.05, 0.1) is 24.9 Å². The molecule has 3 rings (SSSR count). The number of methoxy groups -OCH3 is 1. The van der Waals surface area contributed by atoms with Gasteiger partial charge in [-0.05, 0) is 48.7 Å². The van der Waals surface area contributed by atoms with E-state index in [2.05, 4.69) is 4.74 Å². The van der Waals surface area contributed by atoms with E-state index in [-0.39, 0.29) is 25.2 Å². The number of aliphatic hydroxyl groups is 3. The van der Waals surface area contributed by atoms with Crippen molar-refractivity contribution in [3.63, 3.8) is 0 Å². The molecule has 36 heavy (non-hydrogen) atoms. The molecule has 3 aromatic rings. The Kier molecular flexibility index (Phi) is 9.49. The maximum atomic E-state index is 12.8. The molecular formula is C26H27F3O6S. The summed E-state index contributed by atoms with van der Waals surface area (Å²) in [6.07, 6.45) is -4.11. The number of fused-ring (bicyclic) bond motifs is 1. The van der Waals surface area contributed by atoms with Gasteiger partial charge in [0.1, 0.15) is 18.5 Å². The maximum Gasteiger partial charge on any atom is 0.416 e. The van der Waals surface area contributed by atoms with E-state index in [1.165, 1.54) is 36.7 Å². The van der Waals surface area contributed by atoms with Crippen LogP contribution < -0.4 is 4.74 Å². The van der Waals surface area contributed by atoms with Gasteiger partial charge in [0, 0.05) is 21.4 Å². The van der Waals surface area contributed by atoms with Crippen LogP contribution in [0.4, 0.5) is 13.2 Å². The van der Waals surface area contributed by atoms with Crippen LogP contribution in [0.15, 0.2) is 54.6 Å². The molecule has 0 aliphatic rings. The molecule has 1 heterocycles. The van der Waals surface area contributed by atoms with Crippen molar-refractivity contribution in [3.8, 4) is 5.75 Å². The van der Waals surface area contributed by atoms with Gasteiger partial charge in [0.2, 0.25) is 0 Å².